The SMILES string of the molecule is CCCCCCCCCCCCCCC(O)CNC(O)CCC. The van der Waals surface area contributed by atoms with Gasteiger partial charge in [0.05, 0.1) is 6.10 Å². The normalized spacial score (nSPS) is 14.1. The second kappa shape index (κ2) is 18.2. The highest BCUT2D eigenvalue weighted by atomic mass is 16.3. The summed E-state index contributed by atoms with van der Waals surface area (Å²) in [4.78, 5) is 0. The Hall–Kier alpha value is -0.120. The minimum Gasteiger partial charge on any atom is -0.392 e. The van der Waals surface area contributed by atoms with Gasteiger partial charge in [0.2, 0.25) is 0 Å². The average Bonchev–Trinajstić information content (AvgIpc) is 2.54. The molecule has 0 aromatic heterocycles. The Balaban J connectivity index is 3.17. The molecule has 0 amide bonds. The third kappa shape index (κ3) is 18.1. The fraction of sp³-hybridized carbons (Fsp3) is 1.00. The molecule has 140 valence electrons. The van der Waals surface area contributed by atoms with Crippen LogP contribution in [-0.4, -0.2) is 29.1 Å². The van der Waals surface area contributed by atoms with Gasteiger partial charge in [-0.2, -0.15) is 0 Å². The number of nitrogens with one attached hydrogen (secondary N) is 1. The van der Waals surface area contributed by atoms with Crippen molar-refractivity contribution < 1.29 is 10.2 Å². The van der Waals surface area contributed by atoms with Crippen molar-refractivity contribution in [2.45, 2.75) is 122 Å². The van der Waals surface area contributed by atoms with Gasteiger partial charge in [0.25, 0.3) is 0 Å². The smallest absolute Gasteiger partial charge is 0.104 e. The number of hydrogen-bond acceptors (Lipinski definition) is 3. The van der Waals surface area contributed by atoms with Crippen molar-refractivity contribution in [1.29, 1.82) is 0 Å². The molecule has 3 N–H and O–H groups in total. The van der Waals surface area contributed by atoms with Crippen molar-refractivity contribution >= 4 is 0 Å². The van der Waals surface area contributed by atoms with Crippen LogP contribution < -0.4 is 5.32 Å². The van der Waals surface area contributed by atoms with Gasteiger partial charge in [0.1, 0.15) is 6.23 Å². The predicted octanol–water partition coefficient (Wildman–Crippen LogP) is 5.15. The van der Waals surface area contributed by atoms with Gasteiger partial charge in [-0.15, -0.1) is 0 Å². The van der Waals surface area contributed by atoms with Gasteiger partial charge in [-0.1, -0.05) is 97.3 Å². The maximum atomic E-state index is 9.85. The van der Waals surface area contributed by atoms with E-state index in [9.17, 15) is 10.2 Å². The summed E-state index contributed by atoms with van der Waals surface area (Å²) in [6.07, 6.45) is 18.0. The molecule has 0 bridgehead atoms. The van der Waals surface area contributed by atoms with Crippen LogP contribution in [0.1, 0.15) is 110 Å². The van der Waals surface area contributed by atoms with Gasteiger partial charge in [0, 0.05) is 6.54 Å². The van der Waals surface area contributed by atoms with Gasteiger partial charge in [-0.25, -0.2) is 0 Å². The molecule has 3 nitrogen and oxygen atoms in total. The Morgan fingerprint density at radius 2 is 1.09 bits per heavy atom. The summed E-state index contributed by atoms with van der Waals surface area (Å²) < 4.78 is 0. The second-order valence-corrected chi connectivity index (χ2v) is 7.04. The van der Waals surface area contributed by atoms with Gasteiger partial charge in [-0.05, 0) is 12.8 Å². The number of hydrogen-bond donors (Lipinski definition) is 3. The van der Waals surface area contributed by atoms with Crippen molar-refractivity contribution in [1.82, 2.24) is 5.32 Å². The molecule has 3 heteroatoms. The first-order valence-corrected chi connectivity index (χ1v) is 10.3. The summed E-state index contributed by atoms with van der Waals surface area (Å²) >= 11 is 0. The zero-order valence-electron chi connectivity index (χ0n) is 15.9. The lowest BCUT2D eigenvalue weighted by molar-refractivity contribution is 0.0910. The first kappa shape index (κ1) is 22.9. The van der Waals surface area contributed by atoms with Crippen LogP contribution in [0.15, 0.2) is 0 Å². The number of aliphatic hydroxyl groups excluding tert-OH is 2. The lowest BCUT2D eigenvalue weighted by Crippen LogP contribution is -2.35. The van der Waals surface area contributed by atoms with Crippen molar-refractivity contribution in [3.63, 3.8) is 0 Å². The fourth-order valence-electron chi connectivity index (χ4n) is 2.97. The van der Waals surface area contributed by atoms with Crippen LogP contribution in [0.5, 0.6) is 0 Å². The van der Waals surface area contributed by atoms with Crippen LogP contribution in [0, 0.1) is 0 Å². The Morgan fingerprint density at radius 3 is 1.57 bits per heavy atom. The third-order valence-corrected chi connectivity index (χ3v) is 4.54. The van der Waals surface area contributed by atoms with Crippen LogP contribution in [0.4, 0.5) is 0 Å². The zero-order chi connectivity index (χ0) is 17.2. The topological polar surface area (TPSA) is 52.5 Å². The highest BCUT2D eigenvalue weighted by Gasteiger charge is 2.07. The molecule has 0 rings (SSSR count). The van der Waals surface area contributed by atoms with Crippen molar-refractivity contribution in [3.8, 4) is 0 Å². The number of unbranched alkanes of at least 4 members (excludes halogenated alkanes) is 11. The lowest BCUT2D eigenvalue weighted by Gasteiger charge is -2.15. The van der Waals surface area contributed by atoms with E-state index in [1.54, 1.807) is 0 Å². The van der Waals surface area contributed by atoms with E-state index >= 15 is 0 Å². The van der Waals surface area contributed by atoms with E-state index in [0.717, 1.165) is 25.7 Å². The molecule has 0 aromatic rings. The van der Waals surface area contributed by atoms with E-state index in [-0.39, 0.29) is 6.10 Å². The maximum Gasteiger partial charge on any atom is 0.104 e. The Labute approximate surface area is 145 Å². The molecule has 0 fully saturated rings. The van der Waals surface area contributed by atoms with Gasteiger partial charge < -0.3 is 10.2 Å². The zero-order valence-corrected chi connectivity index (χ0v) is 15.9. The largest absolute Gasteiger partial charge is 0.392 e. The van der Waals surface area contributed by atoms with E-state index in [0.29, 0.717) is 6.54 Å². The van der Waals surface area contributed by atoms with E-state index in [1.807, 2.05) is 6.92 Å². The fourth-order valence-corrected chi connectivity index (χ4v) is 2.97. The van der Waals surface area contributed by atoms with Gasteiger partial charge >= 0.3 is 0 Å². The van der Waals surface area contributed by atoms with Crippen LogP contribution in [0.25, 0.3) is 0 Å². The molecule has 0 spiro atoms. The second-order valence-electron chi connectivity index (χ2n) is 7.04. The molecule has 0 radical (unpaired) electrons. The van der Waals surface area contributed by atoms with Crippen LogP contribution in [0.3, 0.4) is 0 Å². The van der Waals surface area contributed by atoms with Crippen LogP contribution >= 0.6 is 0 Å². The summed E-state index contributed by atoms with van der Waals surface area (Å²) in [6, 6.07) is 0. The quantitative estimate of drug-likeness (QED) is 0.241. The van der Waals surface area contributed by atoms with Crippen molar-refractivity contribution in [3.05, 3.63) is 0 Å². The van der Waals surface area contributed by atoms with Crippen molar-refractivity contribution in [2.24, 2.45) is 0 Å². The minimum atomic E-state index is -0.461. The predicted molar refractivity (Wildman–Crippen MR) is 101 cm³/mol. The molecule has 2 atom stereocenters. The summed E-state index contributed by atoms with van der Waals surface area (Å²) in [7, 11) is 0. The highest BCUT2D eigenvalue weighted by Crippen LogP contribution is 2.13. The van der Waals surface area contributed by atoms with Gasteiger partial charge in [0.15, 0.2) is 0 Å². The average molecular weight is 330 g/mol. The highest BCUT2D eigenvalue weighted by molar-refractivity contribution is 4.62. The van der Waals surface area contributed by atoms with Crippen LogP contribution in [-0.2, 0) is 0 Å². The van der Waals surface area contributed by atoms with E-state index < -0.39 is 6.23 Å². The summed E-state index contributed by atoms with van der Waals surface area (Å²) in [5, 5.41) is 22.4. The molecular formula is C20H43NO2. The monoisotopic (exact) mass is 329 g/mol. The summed E-state index contributed by atoms with van der Waals surface area (Å²) in [6.45, 7) is 4.83. The van der Waals surface area contributed by atoms with E-state index in [2.05, 4.69) is 12.2 Å². The van der Waals surface area contributed by atoms with Crippen LogP contribution in [0.2, 0.25) is 0 Å². The first-order valence-electron chi connectivity index (χ1n) is 10.3. The van der Waals surface area contributed by atoms with Gasteiger partial charge in [-0.3, -0.25) is 5.32 Å². The summed E-state index contributed by atoms with van der Waals surface area (Å²) in [5.41, 5.74) is 0. The molecule has 2 unspecified atom stereocenters. The molecule has 23 heavy (non-hydrogen) atoms. The minimum absolute atomic E-state index is 0.315. The van der Waals surface area contributed by atoms with E-state index in [4.69, 9.17) is 0 Å². The molecule has 0 saturated heterocycles. The molecule has 0 aromatic carbocycles. The Kier molecular flexibility index (Phi) is 18.1. The summed E-state index contributed by atoms with van der Waals surface area (Å²) in [5.74, 6) is 0. The number of rotatable bonds is 18. The number of aliphatic hydroxyl groups is 2. The molecule has 0 heterocycles. The molecule has 0 aliphatic rings. The standard InChI is InChI=1S/C20H43NO2/c1-3-5-6-7-8-9-10-11-12-13-14-15-17-19(22)18-21-20(23)16-4-2/h19-23H,3-18H2,1-2H3. The Bertz CT molecular complexity index is 224. The molecular weight excluding hydrogens is 286 g/mol. The molecule has 0 aliphatic heterocycles. The molecule has 0 saturated carbocycles. The Morgan fingerprint density at radius 1 is 0.609 bits per heavy atom. The third-order valence-electron chi connectivity index (χ3n) is 4.54. The van der Waals surface area contributed by atoms with Crippen molar-refractivity contribution in [2.75, 3.05) is 6.54 Å². The first-order chi connectivity index (χ1) is 11.2. The lowest BCUT2D eigenvalue weighted by atomic mass is 10.0. The van der Waals surface area contributed by atoms with E-state index in [1.165, 1.54) is 70.6 Å². The maximum absolute atomic E-state index is 9.85. The molecule has 0 aliphatic carbocycles.